The average Bonchev–Trinajstić information content (AvgIpc) is 2.78. The van der Waals surface area contributed by atoms with Crippen LogP contribution in [0, 0.1) is 0 Å². The van der Waals surface area contributed by atoms with E-state index < -0.39 is 0 Å². The van der Waals surface area contributed by atoms with Crippen molar-refractivity contribution in [2.75, 3.05) is 13.1 Å². The van der Waals surface area contributed by atoms with E-state index in [0.717, 1.165) is 19.4 Å². The first-order chi connectivity index (χ1) is 11.8. The molecule has 1 unspecified atom stereocenters. The molecule has 1 aliphatic heterocycles. The van der Waals surface area contributed by atoms with Gasteiger partial charge in [-0.1, -0.05) is 61.0 Å². The third-order valence-electron chi connectivity index (χ3n) is 5.75. The maximum Gasteiger partial charge on any atom is 0.0175 e. The Balaban J connectivity index is 1.73. The van der Waals surface area contributed by atoms with Crippen molar-refractivity contribution in [2.24, 2.45) is 0 Å². The minimum absolute atomic E-state index is 0.715. The molecule has 1 atom stereocenters. The molecule has 1 aliphatic carbocycles. The van der Waals surface area contributed by atoms with E-state index in [1.807, 2.05) is 0 Å². The van der Waals surface area contributed by atoms with Gasteiger partial charge in [0.15, 0.2) is 0 Å². The largest absolute Gasteiger partial charge is 0.297 e. The molecule has 1 nitrogen and oxygen atoms in total. The standard InChI is InChI=1S/C23H27N/c1-18-8-6-7-16-24(18)17-15-23-21-11-4-2-9-19(21)13-14-20-10-3-5-12-22(20)23/h2-5,9-12,15,18H,6-8,13-14,16-17H2,1H3. The average molecular weight is 317 g/mol. The summed E-state index contributed by atoms with van der Waals surface area (Å²) in [5, 5.41) is 0. The van der Waals surface area contributed by atoms with E-state index in [-0.39, 0.29) is 0 Å². The minimum Gasteiger partial charge on any atom is -0.297 e. The van der Waals surface area contributed by atoms with Crippen molar-refractivity contribution >= 4 is 5.57 Å². The first-order valence-electron chi connectivity index (χ1n) is 9.43. The van der Waals surface area contributed by atoms with Gasteiger partial charge in [0.1, 0.15) is 0 Å². The number of hydrogen-bond donors (Lipinski definition) is 0. The summed E-state index contributed by atoms with van der Waals surface area (Å²) >= 11 is 0. The van der Waals surface area contributed by atoms with Gasteiger partial charge in [-0.05, 0) is 67.0 Å². The van der Waals surface area contributed by atoms with Gasteiger partial charge >= 0.3 is 0 Å². The van der Waals surface area contributed by atoms with Gasteiger partial charge in [0, 0.05) is 12.6 Å². The SMILES string of the molecule is CC1CCCCN1CC=C1c2ccccc2CCc2ccccc21. The number of likely N-dealkylation sites (tertiary alicyclic amines) is 1. The first-order valence-corrected chi connectivity index (χ1v) is 9.43. The lowest BCUT2D eigenvalue weighted by Gasteiger charge is -2.32. The Bertz CT molecular complexity index is 694. The van der Waals surface area contributed by atoms with E-state index in [4.69, 9.17) is 0 Å². The van der Waals surface area contributed by atoms with Gasteiger partial charge in [0.25, 0.3) is 0 Å². The molecule has 2 aliphatic rings. The van der Waals surface area contributed by atoms with Crippen molar-refractivity contribution in [3.8, 4) is 0 Å². The molecule has 2 aromatic carbocycles. The Morgan fingerprint density at radius 2 is 1.54 bits per heavy atom. The molecule has 24 heavy (non-hydrogen) atoms. The highest BCUT2D eigenvalue weighted by Crippen LogP contribution is 2.33. The molecule has 1 heteroatoms. The predicted molar refractivity (Wildman–Crippen MR) is 102 cm³/mol. The van der Waals surface area contributed by atoms with Gasteiger partial charge in [0.05, 0.1) is 0 Å². The zero-order valence-electron chi connectivity index (χ0n) is 14.7. The van der Waals surface area contributed by atoms with Crippen LogP contribution < -0.4 is 0 Å². The first kappa shape index (κ1) is 15.7. The van der Waals surface area contributed by atoms with E-state index in [9.17, 15) is 0 Å². The van der Waals surface area contributed by atoms with Crippen LogP contribution in [0.2, 0.25) is 0 Å². The molecule has 1 fully saturated rings. The van der Waals surface area contributed by atoms with E-state index in [2.05, 4.69) is 66.4 Å². The molecule has 0 radical (unpaired) electrons. The van der Waals surface area contributed by atoms with Crippen LogP contribution in [0.15, 0.2) is 54.6 Å². The van der Waals surface area contributed by atoms with Crippen LogP contribution in [-0.4, -0.2) is 24.0 Å². The van der Waals surface area contributed by atoms with Crippen LogP contribution in [0.25, 0.3) is 5.57 Å². The topological polar surface area (TPSA) is 3.24 Å². The fraction of sp³-hybridized carbons (Fsp3) is 0.391. The number of fused-ring (bicyclic) bond motifs is 2. The number of benzene rings is 2. The second-order valence-electron chi connectivity index (χ2n) is 7.27. The maximum absolute atomic E-state index is 2.65. The quantitative estimate of drug-likeness (QED) is 0.745. The highest BCUT2D eigenvalue weighted by molar-refractivity contribution is 5.84. The van der Waals surface area contributed by atoms with Crippen molar-refractivity contribution in [2.45, 2.75) is 45.1 Å². The molecular weight excluding hydrogens is 290 g/mol. The summed E-state index contributed by atoms with van der Waals surface area (Å²) in [4.78, 5) is 2.65. The summed E-state index contributed by atoms with van der Waals surface area (Å²) in [5.74, 6) is 0. The molecule has 2 aromatic rings. The Labute approximate surface area is 146 Å². The summed E-state index contributed by atoms with van der Waals surface area (Å²) in [5.41, 5.74) is 7.30. The molecule has 0 saturated carbocycles. The molecule has 1 heterocycles. The molecule has 1 saturated heterocycles. The molecule has 0 spiro atoms. The summed E-state index contributed by atoms with van der Waals surface area (Å²) in [7, 11) is 0. The number of nitrogens with zero attached hydrogens (tertiary/aromatic N) is 1. The van der Waals surface area contributed by atoms with E-state index in [0.29, 0.717) is 6.04 Å². The Hall–Kier alpha value is -1.86. The van der Waals surface area contributed by atoms with Crippen LogP contribution in [0.5, 0.6) is 0 Å². The molecule has 0 amide bonds. The molecule has 124 valence electrons. The highest BCUT2D eigenvalue weighted by Gasteiger charge is 2.20. The van der Waals surface area contributed by atoms with Gasteiger partial charge in [-0.2, -0.15) is 0 Å². The summed E-state index contributed by atoms with van der Waals surface area (Å²) in [6, 6.07) is 18.7. The van der Waals surface area contributed by atoms with Crippen molar-refractivity contribution in [1.82, 2.24) is 4.90 Å². The Kier molecular flexibility index (Phi) is 4.53. The number of aryl methyl sites for hydroxylation is 2. The normalized spacial score (nSPS) is 20.9. The smallest absolute Gasteiger partial charge is 0.0175 e. The van der Waals surface area contributed by atoms with Crippen LogP contribution in [0.3, 0.4) is 0 Å². The molecule has 0 aromatic heterocycles. The molecular formula is C23H27N. The Morgan fingerprint density at radius 3 is 2.17 bits per heavy atom. The summed E-state index contributed by atoms with van der Waals surface area (Å²) < 4.78 is 0. The van der Waals surface area contributed by atoms with Crippen LogP contribution in [0.4, 0.5) is 0 Å². The highest BCUT2D eigenvalue weighted by atomic mass is 15.1. The summed E-state index contributed by atoms with van der Waals surface area (Å²) in [6.07, 6.45) is 8.86. The van der Waals surface area contributed by atoms with Gasteiger partial charge < -0.3 is 0 Å². The van der Waals surface area contributed by atoms with E-state index in [1.54, 1.807) is 0 Å². The fourth-order valence-corrected chi connectivity index (χ4v) is 4.27. The zero-order chi connectivity index (χ0) is 16.4. The Morgan fingerprint density at radius 1 is 0.917 bits per heavy atom. The van der Waals surface area contributed by atoms with Gasteiger partial charge in [-0.15, -0.1) is 0 Å². The number of hydrogen-bond acceptors (Lipinski definition) is 1. The second kappa shape index (κ2) is 6.94. The van der Waals surface area contributed by atoms with E-state index in [1.165, 1.54) is 53.6 Å². The van der Waals surface area contributed by atoms with Gasteiger partial charge in [-0.25, -0.2) is 0 Å². The van der Waals surface area contributed by atoms with Gasteiger partial charge in [-0.3, -0.25) is 4.90 Å². The van der Waals surface area contributed by atoms with Crippen molar-refractivity contribution < 1.29 is 0 Å². The fourth-order valence-electron chi connectivity index (χ4n) is 4.27. The van der Waals surface area contributed by atoms with Crippen molar-refractivity contribution in [3.05, 3.63) is 76.9 Å². The lowest BCUT2D eigenvalue weighted by atomic mass is 9.93. The lowest BCUT2D eigenvalue weighted by molar-refractivity contribution is 0.179. The summed E-state index contributed by atoms with van der Waals surface area (Å²) in [6.45, 7) is 4.69. The van der Waals surface area contributed by atoms with Gasteiger partial charge in [0.2, 0.25) is 0 Å². The van der Waals surface area contributed by atoms with Crippen molar-refractivity contribution in [3.63, 3.8) is 0 Å². The van der Waals surface area contributed by atoms with E-state index >= 15 is 0 Å². The number of piperidine rings is 1. The zero-order valence-corrected chi connectivity index (χ0v) is 14.7. The third kappa shape index (κ3) is 3.06. The monoisotopic (exact) mass is 317 g/mol. The third-order valence-corrected chi connectivity index (χ3v) is 5.75. The van der Waals surface area contributed by atoms with Crippen LogP contribution in [-0.2, 0) is 12.8 Å². The predicted octanol–water partition coefficient (Wildman–Crippen LogP) is 5.09. The van der Waals surface area contributed by atoms with Crippen molar-refractivity contribution in [1.29, 1.82) is 0 Å². The minimum atomic E-state index is 0.715. The molecule has 0 bridgehead atoms. The molecule has 4 rings (SSSR count). The molecule has 0 N–H and O–H groups in total. The second-order valence-corrected chi connectivity index (χ2v) is 7.27. The van der Waals surface area contributed by atoms with Crippen LogP contribution >= 0.6 is 0 Å². The number of rotatable bonds is 2. The maximum atomic E-state index is 2.65. The van der Waals surface area contributed by atoms with Crippen LogP contribution in [0.1, 0.15) is 48.4 Å². The lowest BCUT2D eigenvalue weighted by Crippen LogP contribution is -2.37.